The maximum absolute atomic E-state index is 12.7. The number of aryl methyl sites for hydroxylation is 1. The van der Waals surface area contributed by atoms with E-state index in [0.29, 0.717) is 4.31 Å². The molecule has 7 heteroatoms. The lowest BCUT2D eigenvalue weighted by atomic mass is 10.2. The second kappa shape index (κ2) is 5.50. The number of carbonyl (C=O) groups is 1. The summed E-state index contributed by atoms with van der Waals surface area (Å²) < 4.78 is 36.3. The Kier molecular flexibility index (Phi) is 4.06. The van der Waals surface area contributed by atoms with Crippen molar-refractivity contribution in [3.63, 3.8) is 0 Å². The highest BCUT2D eigenvalue weighted by Gasteiger charge is 2.53. The monoisotopic (exact) mass is 311 g/mol. The summed E-state index contributed by atoms with van der Waals surface area (Å²) in [4.78, 5) is 11.9. The molecule has 1 aromatic carbocycles. The van der Waals surface area contributed by atoms with E-state index in [1.54, 1.807) is 19.1 Å². The third-order valence-corrected chi connectivity index (χ3v) is 4.99. The number of hydrogen-bond acceptors (Lipinski definition) is 5. The first-order valence-corrected chi connectivity index (χ1v) is 7.88. The van der Waals surface area contributed by atoms with Crippen molar-refractivity contribution >= 4 is 16.1 Å². The average Bonchev–Trinajstić information content (AvgIpc) is 2.78. The number of carbonyl (C=O) groups excluding carboxylic acids is 1. The third-order valence-electron chi connectivity index (χ3n) is 3.18. The number of hydrogen-bond donors (Lipinski definition) is 0. The van der Waals surface area contributed by atoms with Gasteiger partial charge in [-0.25, -0.2) is 13.2 Å². The standard InChI is InChI=1S/C14H17NO5S/c1-4-14(20-5-2)10-19-13(16)15(14)21(17,18)12-8-6-11(3)7-9-12/h4,6-9H,1,5,10H2,2-3H3. The summed E-state index contributed by atoms with van der Waals surface area (Å²) in [6.45, 7) is 7.11. The molecule has 0 radical (unpaired) electrons. The number of ether oxygens (including phenoxy) is 2. The number of amides is 1. The number of benzene rings is 1. The van der Waals surface area contributed by atoms with Crippen LogP contribution in [-0.2, 0) is 19.5 Å². The van der Waals surface area contributed by atoms with Gasteiger partial charge in [-0.05, 0) is 32.1 Å². The summed E-state index contributed by atoms with van der Waals surface area (Å²) in [6.07, 6.45) is 0.302. The van der Waals surface area contributed by atoms with Crippen molar-refractivity contribution in [1.82, 2.24) is 4.31 Å². The molecule has 1 fully saturated rings. The fourth-order valence-electron chi connectivity index (χ4n) is 2.11. The molecule has 6 nitrogen and oxygen atoms in total. The summed E-state index contributed by atoms with van der Waals surface area (Å²) in [5.74, 6) is 0. The van der Waals surface area contributed by atoms with Crippen LogP contribution in [-0.4, -0.2) is 37.8 Å². The molecule has 0 N–H and O–H groups in total. The van der Waals surface area contributed by atoms with E-state index in [9.17, 15) is 13.2 Å². The highest BCUT2D eigenvalue weighted by molar-refractivity contribution is 7.89. The van der Waals surface area contributed by atoms with Gasteiger partial charge in [0, 0.05) is 6.61 Å². The van der Waals surface area contributed by atoms with E-state index in [2.05, 4.69) is 6.58 Å². The van der Waals surface area contributed by atoms with Gasteiger partial charge in [0.1, 0.15) is 6.61 Å². The molecule has 2 rings (SSSR count). The smallest absolute Gasteiger partial charge is 0.426 e. The summed E-state index contributed by atoms with van der Waals surface area (Å²) in [7, 11) is -4.08. The summed E-state index contributed by atoms with van der Waals surface area (Å²) in [6, 6.07) is 6.20. The molecule has 1 heterocycles. The first-order valence-electron chi connectivity index (χ1n) is 6.44. The van der Waals surface area contributed by atoms with Crippen LogP contribution in [0.2, 0.25) is 0 Å². The Labute approximate surface area is 124 Å². The van der Waals surface area contributed by atoms with Gasteiger partial charge >= 0.3 is 6.09 Å². The highest BCUT2D eigenvalue weighted by atomic mass is 32.2. The molecule has 1 aliphatic rings. The van der Waals surface area contributed by atoms with Gasteiger partial charge in [0.2, 0.25) is 5.72 Å². The SMILES string of the molecule is C=CC1(OCC)COC(=O)N1S(=O)(=O)c1ccc(C)cc1. The highest BCUT2D eigenvalue weighted by Crippen LogP contribution is 2.33. The molecule has 0 bridgehead atoms. The van der Waals surface area contributed by atoms with Crippen molar-refractivity contribution in [3.8, 4) is 0 Å². The average molecular weight is 311 g/mol. The maximum atomic E-state index is 12.7. The fourth-order valence-corrected chi connectivity index (χ4v) is 3.63. The van der Waals surface area contributed by atoms with Crippen LogP contribution in [0.15, 0.2) is 41.8 Å². The van der Waals surface area contributed by atoms with Crippen molar-refractivity contribution < 1.29 is 22.7 Å². The quantitative estimate of drug-likeness (QED) is 0.778. The van der Waals surface area contributed by atoms with Gasteiger partial charge in [-0.2, -0.15) is 4.31 Å². The molecule has 21 heavy (non-hydrogen) atoms. The molecule has 0 saturated carbocycles. The molecule has 1 aromatic rings. The lowest BCUT2D eigenvalue weighted by Crippen LogP contribution is -2.50. The van der Waals surface area contributed by atoms with Crippen molar-refractivity contribution in [2.45, 2.75) is 24.5 Å². The zero-order chi connectivity index (χ0) is 15.7. The van der Waals surface area contributed by atoms with Gasteiger partial charge in [0.05, 0.1) is 4.90 Å². The van der Waals surface area contributed by atoms with Gasteiger partial charge in [0.15, 0.2) is 0 Å². The predicted molar refractivity (Wildman–Crippen MR) is 76.1 cm³/mol. The van der Waals surface area contributed by atoms with Crippen molar-refractivity contribution in [3.05, 3.63) is 42.5 Å². The topological polar surface area (TPSA) is 72.9 Å². The molecule has 1 saturated heterocycles. The molecular formula is C14H17NO5S. The van der Waals surface area contributed by atoms with Crippen LogP contribution >= 0.6 is 0 Å². The van der Waals surface area contributed by atoms with E-state index in [1.807, 2.05) is 6.92 Å². The third kappa shape index (κ3) is 2.54. The molecule has 1 unspecified atom stereocenters. The lowest BCUT2D eigenvalue weighted by molar-refractivity contribution is -0.0512. The van der Waals surface area contributed by atoms with Crippen LogP contribution < -0.4 is 0 Å². The first-order chi connectivity index (χ1) is 9.87. The van der Waals surface area contributed by atoms with E-state index in [-0.39, 0.29) is 18.1 Å². The maximum Gasteiger partial charge on any atom is 0.426 e. The largest absolute Gasteiger partial charge is 0.443 e. The van der Waals surface area contributed by atoms with Crippen molar-refractivity contribution in [2.75, 3.05) is 13.2 Å². The summed E-state index contributed by atoms with van der Waals surface area (Å²) in [5.41, 5.74) is -0.590. The van der Waals surface area contributed by atoms with Crippen LogP contribution in [0.25, 0.3) is 0 Å². The molecule has 0 spiro atoms. The Balaban J connectivity index is 2.52. The molecule has 0 aliphatic carbocycles. The number of sulfonamides is 1. The molecule has 1 amide bonds. The Morgan fingerprint density at radius 1 is 1.43 bits per heavy atom. The Hall–Kier alpha value is -1.86. The second-order valence-corrected chi connectivity index (χ2v) is 6.41. The molecule has 0 aromatic heterocycles. The van der Waals surface area contributed by atoms with E-state index in [0.717, 1.165) is 5.56 Å². The lowest BCUT2D eigenvalue weighted by Gasteiger charge is -2.31. The zero-order valence-electron chi connectivity index (χ0n) is 11.9. The minimum absolute atomic E-state index is 0.00196. The first kappa shape index (κ1) is 15.5. The minimum Gasteiger partial charge on any atom is -0.443 e. The van der Waals surface area contributed by atoms with Crippen LogP contribution in [0.3, 0.4) is 0 Å². The molecule has 1 aliphatic heterocycles. The fraction of sp³-hybridized carbons (Fsp3) is 0.357. The number of rotatable bonds is 5. The summed E-state index contributed by atoms with van der Waals surface area (Å²) >= 11 is 0. The zero-order valence-corrected chi connectivity index (χ0v) is 12.7. The van der Waals surface area contributed by atoms with E-state index in [1.165, 1.54) is 18.2 Å². The van der Waals surface area contributed by atoms with E-state index >= 15 is 0 Å². The van der Waals surface area contributed by atoms with E-state index < -0.39 is 21.8 Å². The predicted octanol–water partition coefficient (Wildman–Crippen LogP) is 2.05. The molecule has 1 atom stereocenters. The van der Waals surface area contributed by atoms with Gasteiger partial charge in [-0.1, -0.05) is 24.3 Å². The minimum atomic E-state index is -4.08. The molecule has 114 valence electrons. The van der Waals surface area contributed by atoms with Crippen LogP contribution in [0.1, 0.15) is 12.5 Å². The van der Waals surface area contributed by atoms with Crippen LogP contribution in [0.5, 0.6) is 0 Å². The van der Waals surface area contributed by atoms with Crippen LogP contribution in [0.4, 0.5) is 4.79 Å². The second-order valence-electron chi connectivity index (χ2n) is 4.62. The van der Waals surface area contributed by atoms with Crippen LogP contribution in [0, 0.1) is 6.92 Å². The Morgan fingerprint density at radius 3 is 2.57 bits per heavy atom. The Morgan fingerprint density at radius 2 is 2.05 bits per heavy atom. The molecular weight excluding hydrogens is 294 g/mol. The summed E-state index contributed by atoms with van der Waals surface area (Å²) in [5, 5.41) is 0. The van der Waals surface area contributed by atoms with Gasteiger partial charge < -0.3 is 9.47 Å². The van der Waals surface area contributed by atoms with Crippen molar-refractivity contribution in [2.24, 2.45) is 0 Å². The van der Waals surface area contributed by atoms with Crippen molar-refractivity contribution in [1.29, 1.82) is 0 Å². The number of cyclic esters (lactones) is 1. The van der Waals surface area contributed by atoms with E-state index in [4.69, 9.17) is 9.47 Å². The Bertz CT molecular complexity index is 652. The van der Waals surface area contributed by atoms with Gasteiger partial charge in [0.25, 0.3) is 10.0 Å². The van der Waals surface area contributed by atoms with Gasteiger partial charge in [-0.3, -0.25) is 0 Å². The number of nitrogens with zero attached hydrogens (tertiary/aromatic N) is 1. The van der Waals surface area contributed by atoms with Gasteiger partial charge in [-0.15, -0.1) is 0 Å². The normalized spacial score (nSPS) is 22.2.